The Hall–Kier alpha value is -2.24. The van der Waals surface area contributed by atoms with Crippen LogP contribution in [0.3, 0.4) is 0 Å². The van der Waals surface area contributed by atoms with Crippen molar-refractivity contribution in [1.29, 1.82) is 0 Å². The van der Waals surface area contributed by atoms with Gasteiger partial charge in [-0.15, -0.1) is 5.10 Å². The summed E-state index contributed by atoms with van der Waals surface area (Å²) in [6.07, 6.45) is 0.714. The minimum absolute atomic E-state index is 0.0645. The summed E-state index contributed by atoms with van der Waals surface area (Å²) >= 11 is 0. The van der Waals surface area contributed by atoms with Gasteiger partial charge >= 0.3 is 5.97 Å². The molecule has 1 aromatic heterocycles. The van der Waals surface area contributed by atoms with E-state index in [4.69, 9.17) is 5.11 Å². The van der Waals surface area contributed by atoms with Crippen LogP contribution in [0.4, 0.5) is 4.39 Å². The van der Waals surface area contributed by atoms with Crippen molar-refractivity contribution in [3.63, 3.8) is 0 Å². The summed E-state index contributed by atoms with van der Waals surface area (Å²) in [6, 6.07) is 7.80. The molecular formula is C14H16FN3O2. The van der Waals surface area contributed by atoms with Gasteiger partial charge in [-0.1, -0.05) is 35.0 Å². The van der Waals surface area contributed by atoms with E-state index in [2.05, 4.69) is 10.3 Å². The highest BCUT2D eigenvalue weighted by molar-refractivity contribution is 5.86. The van der Waals surface area contributed by atoms with Gasteiger partial charge in [-0.3, -0.25) is 4.39 Å². The quantitative estimate of drug-likeness (QED) is 0.879. The summed E-state index contributed by atoms with van der Waals surface area (Å²) in [5, 5.41) is 16.6. The van der Waals surface area contributed by atoms with Gasteiger partial charge in [0.2, 0.25) is 0 Å². The average molecular weight is 277 g/mol. The molecule has 0 saturated heterocycles. The van der Waals surface area contributed by atoms with Gasteiger partial charge in [0.1, 0.15) is 0 Å². The van der Waals surface area contributed by atoms with Crippen molar-refractivity contribution in [1.82, 2.24) is 15.0 Å². The summed E-state index contributed by atoms with van der Waals surface area (Å²) in [4.78, 5) is 11.2. The summed E-state index contributed by atoms with van der Waals surface area (Å²) in [7, 11) is 0. The molecule has 20 heavy (non-hydrogen) atoms. The molecule has 0 bridgehead atoms. The Balaban J connectivity index is 2.32. The molecule has 0 aliphatic carbocycles. The first-order valence-corrected chi connectivity index (χ1v) is 6.39. The monoisotopic (exact) mass is 277 g/mol. The topological polar surface area (TPSA) is 68.0 Å². The molecule has 106 valence electrons. The van der Waals surface area contributed by atoms with E-state index in [1.165, 1.54) is 4.68 Å². The lowest BCUT2D eigenvalue weighted by molar-refractivity contribution is 0.0689. The van der Waals surface area contributed by atoms with Crippen LogP contribution in [-0.4, -0.2) is 32.7 Å². The third-order valence-electron chi connectivity index (χ3n) is 3.00. The number of aromatic nitrogens is 3. The highest BCUT2D eigenvalue weighted by Gasteiger charge is 2.19. The van der Waals surface area contributed by atoms with Crippen molar-refractivity contribution in [2.75, 3.05) is 6.67 Å². The summed E-state index contributed by atoms with van der Waals surface area (Å²) in [5.41, 5.74) is 2.53. The summed E-state index contributed by atoms with van der Waals surface area (Å²) < 4.78 is 13.8. The fourth-order valence-corrected chi connectivity index (χ4v) is 2.08. The molecule has 0 unspecified atom stereocenters. The maximum atomic E-state index is 12.3. The fraction of sp³-hybridized carbons (Fsp3) is 0.357. The second-order valence-corrected chi connectivity index (χ2v) is 4.62. The van der Waals surface area contributed by atoms with E-state index in [0.29, 0.717) is 25.1 Å². The second-order valence-electron chi connectivity index (χ2n) is 4.62. The second kappa shape index (κ2) is 6.27. The minimum Gasteiger partial charge on any atom is -0.476 e. The predicted octanol–water partition coefficient (Wildman–Crippen LogP) is 2.24. The number of nitrogens with zero attached hydrogens (tertiary/aromatic N) is 3. The number of carbonyl (C=O) groups is 1. The van der Waals surface area contributed by atoms with Gasteiger partial charge in [0.05, 0.1) is 12.4 Å². The van der Waals surface area contributed by atoms with Gasteiger partial charge in [-0.25, -0.2) is 9.48 Å². The van der Waals surface area contributed by atoms with E-state index in [1.807, 2.05) is 31.2 Å². The maximum absolute atomic E-state index is 12.3. The van der Waals surface area contributed by atoms with Crippen LogP contribution in [0, 0.1) is 6.92 Å². The number of aromatic carboxylic acids is 1. The molecule has 5 nitrogen and oxygen atoms in total. The SMILES string of the molecule is Cc1cccc(Cc2c(C(=O)O)nnn2CCCF)c1. The molecule has 0 saturated carbocycles. The van der Waals surface area contributed by atoms with Gasteiger partial charge in [0.25, 0.3) is 0 Å². The van der Waals surface area contributed by atoms with Crippen molar-refractivity contribution in [2.24, 2.45) is 0 Å². The Kier molecular flexibility index (Phi) is 4.45. The Labute approximate surface area is 116 Å². The van der Waals surface area contributed by atoms with Crippen LogP contribution < -0.4 is 0 Å². The third-order valence-corrected chi connectivity index (χ3v) is 3.00. The molecule has 1 N–H and O–H groups in total. The molecule has 0 spiro atoms. The number of aryl methyl sites for hydroxylation is 2. The Bertz CT molecular complexity index is 610. The van der Waals surface area contributed by atoms with Crippen LogP contribution in [0.5, 0.6) is 0 Å². The molecule has 0 amide bonds. The first kappa shape index (κ1) is 14.2. The Morgan fingerprint density at radius 1 is 1.45 bits per heavy atom. The van der Waals surface area contributed by atoms with Gasteiger partial charge in [-0.2, -0.15) is 0 Å². The lowest BCUT2D eigenvalue weighted by Gasteiger charge is -2.07. The van der Waals surface area contributed by atoms with Crippen LogP contribution >= 0.6 is 0 Å². The van der Waals surface area contributed by atoms with Crippen molar-refractivity contribution < 1.29 is 14.3 Å². The third kappa shape index (κ3) is 3.20. The molecular weight excluding hydrogens is 261 g/mol. The number of hydrogen-bond acceptors (Lipinski definition) is 3. The minimum atomic E-state index is -1.11. The van der Waals surface area contributed by atoms with E-state index in [9.17, 15) is 9.18 Å². The predicted molar refractivity (Wildman–Crippen MR) is 71.6 cm³/mol. The van der Waals surface area contributed by atoms with Crippen LogP contribution in [0.2, 0.25) is 0 Å². The molecule has 0 atom stereocenters. The van der Waals surface area contributed by atoms with E-state index in [1.54, 1.807) is 0 Å². The smallest absolute Gasteiger partial charge is 0.358 e. The van der Waals surface area contributed by atoms with E-state index in [-0.39, 0.29) is 5.69 Å². The first-order valence-electron chi connectivity index (χ1n) is 6.39. The highest BCUT2D eigenvalue weighted by atomic mass is 19.1. The van der Waals surface area contributed by atoms with Gasteiger partial charge < -0.3 is 5.11 Å². The molecule has 0 fully saturated rings. The largest absolute Gasteiger partial charge is 0.476 e. The molecule has 2 rings (SSSR count). The number of rotatable bonds is 6. The molecule has 1 aromatic carbocycles. The lowest BCUT2D eigenvalue weighted by atomic mass is 10.1. The van der Waals surface area contributed by atoms with Crippen molar-refractivity contribution in [2.45, 2.75) is 26.3 Å². The van der Waals surface area contributed by atoms with E-state index >= 15 is 0 Å². The molecule has 2 aromatic rings. The number of halogens is 1. The number of carboxylic acids is 1. The molecule has 6 heteroatoms. The van der Waals surface area contributed by atoms with Gasteiger partial charge in [0, 0.05) is 13.0 Å². The molecule has 0 radical (unpaired) electrons. The van der Waals surface area contributed by atoms with Gasteiger partial charge in [-0.05, 0) is 18.9 Å². The Morgan fingerprint density at radius 2 is 2.25 bits per heavy atom. The van der Waals surface area contributed by atoms with Crippen LogP contribution in [0.25, 0.3) is 0 Å². The standard InChI is InChI=1S/C14H16FN3O2/c1-10-4-2-5-11(8-10)9-12-13(14(19)20)16-17-18(12)7-3-6-15/h2,4-5,8H,3,6-7,9H2,1H3,(H,19,20). The first-order chi connectivity index (χ1) is 9.61. The van der Waals surface area contributed by atoms with Crippen molar-refractivity contribution in [3.05, 3.63) is 46.8 Å². The number of hydrogen-bond donors (Lipinski definition) is 1. The average Bonchev–Trinajstić information content (AvgIpc) is 2.79. The van der Waals surface area contributed by atoms with E-state index < -0.39 is 12.6 Å². The lowest BCUT2D eigenvalue weighted by Crippen LogP contribution is -2.10. The highest BCUT2D eigenvalue weighted by Crippen LogP contribution is 2.14. The van der Waals surface area contributed by atoms with Gasteiger partial charge in [0.15, 0.2) is 5.69 Å². The normalized spacial score (nSPS) is 10.7. The van der Waals surface area contributed by atoms with E-state index in [0.717, 1.165) is 11.1 Å². The van der Waals surface area contributed by atoms with Crippen LogP contribution in [-0.2, 0) is 13.0 Å². The number of benzene rings is 1. The number of alkyl halides is 1. The van der Waals surface area contributed by atoms with Crippen LogP contribution in [0.1, 0.15) is 33.7 Å². The fourth-order valence-electron chi connectivity index (χ4n) is 2.08. The van der Waals surface area contributed by atoms with Crippen LogP contribution in [0.15, 0.2) is 24.3 Å². The zero-order valence-electron chi connectivity index (χ0n) is 11.2. The van der Waals surface area contributed by atoms with Crippen molar-refractivity contribution in [3.8, 4) is 0 Å². The van der Waals surface area contributed by atoms with Crippen molar-refractivity contribution >= 4 is 5.97 Å². The summed E-state index contributed by atoms with van der Waals surface area (Å²) in [5.74, 6) is -1.11. The molecule has 1 heterocycles. The summed E-state index contributed by atoms with van der Waals surface area (Å²) in [6.45, 7) is 1.84. The number of carboxylic acid groups (broad SMARTS) is 1. The molecule has 0 aliphatic rings. The Morgan fingerprint density at radius 3 is 2.90 bits per heavy atom. The molecule has 0 aliphatic heterocycles. The maximum Gasteiger partial charge on any atom is 0.358 e. The zero-order chi connectivity index (χ0) is 14.5. The zero-order valence-corrected chi connectivity index (χ0v) is 11.2.